The highest BCUT2D eigenvalue weighted by molar-refractivity contribution is 7.89. The van der Waals surface area contributed by atoms with Gasteiger partial charge in [-0.1, -0.05) is 44.2 Å². The third-order valence-electron chi connectivity index (χ3n) is 7.92. The molecule has 2 N–H and O–H groups in total. The van der Waals surface area contributed by atoms with E-state index < -0.39 is 39.8 Å². The number of benzene rings is 2. The van der Waals surface area contributed by atoms with Gasteiger partial charge in [0.05, 0.1) is 49.4 Å². The summed E-state index contributed by atoms with van der Waals surface area (Å²) in [7, 11) is -2.59. The van der Waals surface area contributed by atoms with Crippen LogP contribution in [-0.2, 0) is 30.7 Å². The number of aliphatic hydroxyl groups excluding tert-OH is 1. The van der Waals surface area contributed by atoms with Gasteiger partial charge in [0, 0.05) is 19.5 Å². The Morgan fingerprint density at radius 3 is 2.58 bits per heavy atom. The molecular formula is C31H41N3O8S. The number of fused-ring (bicyclic) bond motifs is 1. The first-order valence-corrected chi connectivity index (χ1v) is 15.9. The van der Waals surface area contributed by atoms with Crippen LogP contribution in [0.25, 0.3) is 0 Å². The summed E-state index contributed by atoms with van der Waals surface area (Å²) in [6, 6.07) is 16.6. The van der Waals surface area contributed by atoms with Crippen molar-refractivity contribution in [2.45, 2.75) is 69.0 Å². The lowest BCUT2D eigenvalue weighted by Gasteiger charge is -2.35. The number of amides is 1. The summed E-state index contributed by atoms with van der Waals surface area (Å²) < 4.78 is 51.1. The second-order valence-electron chi connectivity index (χ2n) is 11.8. The van der Waals surface area contributed by atoms with Crippen LogP contribution in [0.2, 0.25) is 0 Å². The molecule has 0 spiro atoms. The number of nitrogens with zero attached hydrogens (tertiary/aromatic N) is 2. The number of alkyl carbamates (subject to hydrolysis) is 1. The Hall–Kier alpha value is -3.21. The number of aliphatic hydroxyl groups is 1. The second-order valence-corrected chi connectivity index (χ2v) is 13.7. The number of hydrogen-bond acceptors (Lipinski definition) is 9. The molecule has 43 heavy (non-hydrogen) atoms. The van der Waals surface area contributed by atoms with E-state index in [1.165, 1.54) is 23.5 Å². The zero-order valence-electron chi connectivity index (χ0n) is 24.8. The molecule has 2 aromatic rings. The highest BCUT2D eigenvalue weighted by Gasteiger charge is 2.44. The molecule has 0 aromatic heterocycles. The van der Waals surface area contributed by atoms with Gasteiger partial charge in [0.25, 0.3) is 0 Å². The van der Waals surface area contributed by atoms with E-state index in [0.717, 1.165) is 12.0 Å². The predicted molar refractivity (Wildman–Crippen MR) is 158 cm³/mol. The van der Waals surface area contributed by atoms with Crippen molar-refractivity contribution in [1.29, 1.82) is 5.26 Å². The number of rotatable bonds is 14. The quantitative estimate of drug-likeness (QED) is 0.326. The summed E-state index contributed by atoms with van der Waals surface area (Å²) in [5.74, 6) is 0.456. The summed E-state index contributed by atoms with van der Waals surface area (Å²) in [5, 5.41) is 23.5. The molecule has 0 saturated carbocycles. The van der Waals surface area contributed by atoms with Gasteiger partial charge in [-0.15, -0.1) is 0 Å². The average molecular weight is 616 g/mol. The lowest BCUT2D eigenvalue weighted by molar-refractivity contribution is -0.0907. The van der Waals surface area contributed by atoms with Gasteiger partial charge in [0.15, 0.2) is 6.29 Å². The molecule has 5 atom stereocenters. The number of nitrogens with one attached hydrogen (secondary N) is 1. The number of sulfonamides is 1. The Morgan fingerprint density at radius 1 is 1.19 bits per heavy atom. The van der Waals surface area contributed by atoms with Crippen molar-refractivity contribution in [3.63, 3.8) is 0 Å². The van der Waals surface area contributed by atoms with E-state index in [1.807, 2.05) is 44.2 Å². The van der Waals surface area contributed by atoms with Gasteiger partial charge >= 0.3 is 6.09 Å². The van der Waals surface area contributed by atoms with Gasteiger partial charge in [-0.2, -0.15) is 9.57 Å². The molecule has 234 valence electrons. The van der Waals surface area contributed by atoms with Crippen molar-refractivity contribution in [2.24, 2.45) is 11.3 Å². The van der Waals surface area contributed by atoms with Gasteiger partial charge in [-0.05, 0) is 54.5 Å². The van der Waals surface area contributed by atoms with Crippen molar-refractivity contribution < 1.29 is 37.3 Å². The Morgan fingerprint density at radius 2 is 1.91 bits per heavy atom. The van der Waals surface area contributed by atoms with Crippen LogP contribution in [0.15, 0.2) is 59.5 Å². The number of carbonyl (C=O) groups is 1. The number of nitriles is 1. The number of carbonyl (C=O) groups excluding carboxylic acids is 1. The Labute approximate surface area is 253 Å². The van der Waals surface area contributed by atoms with Gasteiger partial charge < -0.3 is 29.4 Å². The minimum absolute atomic E-state index is 0.0399. The minimum Gasteiger partial charge on any atom is -0.497 e. The molecule has 2 saturated heterocycles. The second kappa shape index (κ2) is 14.5. The van der Waals surface area contributed by atoms with E-state index >= 15 is 0 Å². The molecule has 0 aliphatic carbocycles. The molecule has 2 aliphatic rings. The topological polar surface area (TPSA) is 147 Å². The molecule has 11 nitrogen and oxygen atoms in total. The summed E-state index contributed by atoms with van der Waals surface area (Å²) in [4.78, 5) is 13.1. The normalized spacial score (nSPS) is 21.5. The number of hydrogen-bond donors (Lipinski definition) is 2. The maximum atomic E-state index is 13.9. The number of methoxy groups -OCH3 is 1. The predicted octanol–water partition coefficient (Wildman–Crippen LogP) is 3.48. The fraction of sp³-hybridized carbons (Fsp3) is 0.548. The van der Waals surface area contributed by atoms with Crippen LogP contribution in [0, 0.1) is 22.7 Å². The molecule has 2 heterocycles. The smallest absolute Gasteiger partial charge is 0.407 e. The zero-order valence-corrected chi connectivity index (χ0v) is 25.7. The van der Waals surface area contributed by atoms with E-state index in [4.69, 9.17) is 24.2 Å². The molecule has 2 aliphatic heterocycles. The lowest BCUT2D eigenvalue weighted by Crippen LogP contribution is -2.52. The van der Waals surface area contributed by atoms with Crippen LogP contribution in [0.1, 0.15) is 38.7 Å². The fourth-order valence-corrected chi connectivity index (χ4v) is 7.10. The average Bonchev–Trinajstić information content (AvgIpc) is 3.61. The van der Waals surface area contributed by atoms with Crippen molar-refractivity contribution in [2.75, 3.05) is 33.4 Å². The molecule has 12 heteroatoms. The summed E-state index contributed by atoms with van der Waals surface area (Å²) in [6.45, 7) is 4.27. The van der Waals surface area contributed by atoms with Gasteiger partial charge in [0.2, 0.25) is 10.0 Å². The lowest BCUT2D eigenvalue weighted by atomic mass is 9.88. The summed E-state index contributed by atoms with van der Waals surface area (Å²) in [5.41, 5.74) is 0.276. The molecule has 2 aromatic carbocycles. The van der Waals surface area contributed by atoms with Crippen LogP contribution < -0.4 is 10.1 Å². The standard InChI is InChI=1S/C31H41N3O8S/c1-31(2,15-7-16-32)21-34(43(37,38)24-12-10-23(39-3)11-13-24)19-27(35)26(18-22-8-5-4-6-9-22)33-30(36)42-28-20-41-29-25(28)14-17-40-29/h4-6,8-13,25-29,35H,7,14-15,17-21H2,1-3H3,(H,33,36)/t25-,26+,27-,28+,29+/m1/s1. The maximum Gasteiger partial charge on any atom is 0.407 e. The first kappa shape index (κ1) is 32.7. The van der Waals surface area contributed by atoms with E-state index in [2.05, 4.69) is 11.4 Å². The SMILES string of the molecule is COc1ccc(S(=O)(=O)N(C[C@@H](O)[C@H](Cc2ccccc2)NC(=O)O[C@H]2CO[C@@H]3OCC[C@@H]32)CC(C)(C)CCC#N)cc1. The third kappa shape index (κ3) is 8.68. The van der Waals surface area contributed by atoms with Crippen molar-refractivity contribution in [3.05, 3.63) is 60.2 Å². The summed E-state index contributed by atoms with van der Waals surface area (Å²) in [6.07, 6.45) is -1.20. The van der Waals surface area contributed by atoms with Gasteiger partial charge in [0.1, 0.15) is 11.9 Å². The molecule has 0 radical (unpaired) electrons. The number of ether oxygens (including phenoxy) is 4. The maximum absolute atomic E-state index is 13.9. The van der Waals surface area contributed by atoms with Crippen molar-refractivity contribution in [1.82, 2.24) is 9.62 Å². The van der Waals surface area contributed by atoms with Gasteiger partial charge in [-0.3, -0.25) is 0 Å². The molecule has 4 rings (SSSR count). The van der Waals surface area contributed by atoms with E-state index in [0.29, 0.717) is 18.8 Å². The first-order valence-electron chi connectivity index (χ1n) is 14.5. The fourth-order valence-electron chi connectivity index (χ4n) is 5.45. The molecular weight excluding hydrogens is 574 g/mol. The van der Waals surface area contributed by atoms with Crippen LogP contribution in [0.4, 0.5) is 4.79 Å². The van der Waals surface area contributed by atoms with Crippen LogP contribution in [0.3, 0.4) is 0 Å². The van der Waals surface area contributed by atoms with Crippen LogP contribution >= 0.6 is 0 Å². The Kier molecular flexibility index (Phi) is 11.0. The van der Waals surface area contributed by atoms with E-state index in [-0.39, 0.29) is 49.6 Å². The van der Waals surface area contributed by atoms with Crippen LogP contribution in [-0.4, -0.2) is 81.9 Å². The molecule has 2 fully saturated rings. The first-order chi connectivity index (χ1) is 20.5. The van der Waals surface area contributed by atoms with Crippen molar-refractivity contribution >= 4 is 16.1 Å². The van der Waals surface area contributed by atoms with E-state index in [1.54, 1.807) is 12.1 Å². The largest absolute Gasteiger partial charge is 0.497 e. The summed E-state index contributed by atoms with van der Waals surface area (Å²) >= 11 is 0. The molecule has 1 amide bonds. The Balaban J connectivity index is 1.56. The van der Waals surface area contributed by atoms with Gasteiger partial charge in [-0.25, -0.2) is 13.2 Å². The zero-order chi connectivity index (χ0) is 31.0. The van der Waals surface area contributed by atoms with Crippen molar-refractivity contribution in [3.8, 4) is 11.8 Å². The molecule has 0 bridgehead atoms. The van der Waals surface area contributed by atoms with E-state index in [9.17, 15) is 18.3 Å². The monoisotopic (exact) mass is 615 g/mol. The minimum atomic E-state index is -4.08. The highest BCUT2D eigenvalue weighted by atomic mass is 32.2. The molecule has 0 unspecified atom stereocenters. The Bertz CT molecular complexity index is 1350. The highest BCUT2D eigenvalue weighted by Crippen LogP contribution is 2.33. The third-order valence-corrected chi connectivity index (χ3v) is 9.74. The van der Waals surface area contributed by atoms with Crippen LogP contribution in [0.5, 0.6) is 5.75 Å².